The highest BCUT2D eigenvalue weighted by atomic mass is 16.3. The maximum absolute atomic E-state index is 12.1. The normalized spacial score (nSPS) is 10.1. The summed E-state index contributed by atoms with van der Waals surface area (Å²) in [7, 11) is 0. The van der Waals surface area contributed by atoms with Crippen LogP contribution >= 0.6 is 0 Å². The highest BCUT2D eigenvalue weighted by Gasteiger charge is 2.08. The summed E-state index contributed by atoms with van der Waals surface area (Å²) >= 11 is 0. The molecule has 2 rings (SSSR count). The van der Waals surface area contributed by atoms with Crippen molar-refractivity contribution in [3.63, 3.8) is 0 Å². The second-order valence-corrected chi connectivity index (χ2v) is 5.61. The molecule has 24 heavy (non-hydrogen) atoms. The van der Waals surface area contributed by atoms with Gasteiger partial charge in [0.05, 0.1) is 17.9 Å². The van der Waals surface area contributed by atoms with E-state index in [9.17, 15) is 14.7 Å². The van der Waals surface area contributed by atoms with Crippen LogP contribution in [0, 0.1) is 13.8 Å². The molecule has 2 aromatic rings. The summed E-state index contributed by atoms with van der Waals surface area (Å²) in [5.41, 5.74) is 3.95. The number of carbonyl (C=O) groups is 2. The van der Waals surface area contributed by atoms with Gasteiger partial charge in [-0.2, -0.15) is 0 Å². The Hall–Kier alpha value is -3.02. The number of nitrogens with one attached hydrogen (secondary N) is 3. The largest absolute Gasteiger partial charge is 0.508 e. The molecule has 0 unspecified atom stereocenters. The van der Waals surface area contributed by atoms with E-state index in [0.717, 1.165) is 16.8 Å². The number of hydrogen-bond donors (Lipinski definition) is 4. The molecule has 0 radical (unpaired) electrons. The second-order valence-electron chi connectivity index (χ2n) is 5.61. The molecule has 4 N–H and O–H groups in total. The standard InChI is InChI=1S/C18H21N3O3/c1-11-4-5-14(8-12(11)2)21-18(24)10-19-17-9-15(23)6-7-16(17)20-13(3)22/h4-9,19,23H,10H2,1-3H3,(H,20,22)(H,21,24). The van der Waals surface area contributed by atoms with Crippen LogP contribution in [0.3, 0.4) is 0 Å². The van der Waals surface area contributed by atoms with E-state index in [2.05, 4.69) is 16.0 Å². The predicted octanol–water partition coefficient (Wildman–Crippen LogP) is 3.02. The van der Waals surface area contributed by atoms with Crippen molar-refractivity contribution in [3.05, 3.63) is 47.5 Å². The third-order valence-electron chi connectivity index (χ3n) is 3.54. The van der Waals surface area contributed by atoms with Crippen LogP contribution in [0.2, 0.25) is 0 Å². The maximum Gasteiger partial charge on any atom is 0.243 e. The number of phenolic OH excluding ortho intramolecular Hbond substituents is 1. The Morgan fingerprint density at radius 3 is 2.38 bits per heavy atom. The lowest BCUT2D eigenvalue weighted by Crippen LogP contribution is -2.22. The van der Waals surface area contributed by atoms with E-state index >= 15 is 0 Å². The van der Waals surface area contributed by atoms with Gasteiger partial charge in [0.15, 0.2) is 0 Å². The Kier molecular flexibility index (Phi) is 5.42. The van der Waals surface area contributed by atoms with Gasteiger partial charge in [0.25, 0.3) is 0 Å². The molecule has 0 atom stereocenters. The average molecular weight is 327 g/mol. The summed E-state index contributed by atoms with van der Waals surface area (Å²) in [6.07, 6.45) is 0. The van der Waals surface area contributed by atoms with Gasteiger partial charge in [-0.25, -0.2) is 0 Å². The SMILES string of the molecule is CC(=O)Nc1ccc(O)cc1NCC(=O)Nc1ccc(C)c(C)c1. The zero-order valence-corrected chi connectivity index (χ0v) is 13.9. The molecule has 0 heterocycles. The first-order valence-electron chi connectivity index (χ1n) is 7.57. The number of phenols is 1. The molecule has 2 aromatic carbocycles. The molecule has 0 saturated heterocycles. The molecule has 6 nitrogen and oxygen atoms in total. The number of benzene rings is 2. The second kappa shape index (κ2) is 7.50. The third kappa shape index (κ3) is 4.74. The van der Waals surface area contributed by atoms with Crippen LogP contribution in [0.15, 0.2) is 36.4 Å². The van der Waals surface area contributed by atoms with Crippen LogP contribution in [0.5, 0.6) is 5.75 Å². The van der Waals surface area contributed by atoms with Crippen LogP contribution in [0.25, 0.3) is 0 Å². The zero-order chi connectivity index (χ0) is 17.7. The van der Waals surface area contributed by atoms with E-state index < -0.39 is 0 Å². The lowest BCUT2D eigenvalue weighted by Gasteiger charge is -2.13. The van der Waals surface area contributed by atoms with Gasteiger partial charge in [0.1, 0.15) is 5.75 Å². The lowest BCUT2D eigenvalue weighted by molar-refractivity contribution is -0.115. The Balaban J connectivity index is 2.01. The van der Waals surface area contributed by atoms with Crippen molar-refractivity contribution in [1.82, 2.24) is 0 Å². The molecular weight excluding hydrogens is 306 g/mol. The number of anilines is 3. The first-order valence-corrected chi connectivity index (χ1v) is 7.57. The van der Waals surface area contributed by atoms with Gasteiger partial charge in [-0.3, -0.25) is 9.59 Å². The molecule has 0 saturated carbocycles. The van der Waals surface area contributed by atoms with Gasteiger partial charge in [0, 0.05) is 18.7 Å². The van der Waals surface area contributed by atoms with Gasteiger partial charge < -0.3 is 21.1 Å². The van der Waals surface area contributed by atoms with Crippen molar-refractivity contribution < 1.29 is 14.7 Å². The number of rotatable bonds is 5. The van der Waals surface area contributed by atoms with Gasteiger partial charge in [-0.1, -0.05) is 6.07 Å². The first-order chi connectivity index (χ1) is 11.3. The van der Waals surface area contributed by atoms with E-state index in [4.69, 9.17) is 0 Å². The molecule has 0 fully saturated rings. The number of aromatic hydroxyl groups is 1. The van der Waals surface area contributed by atoms with Crippen molar-refractivity contribution >= 4 is 28.9 Å². The van der Waals surface area contributed by atoms with Crippen molar-refractivity contribution in [1.29, 1.82) is 0 Å². The average Bonchev–Trinajstić information content (AvgIpc) is 2.51. The Morgan fingerprint density at radius 1 is 0.958 bits per heavy atom. The summed E-state index contributed by atoms with van der Waals surface area (Å²) in [6.45, 7) is 5.38. The maximum atomic E-state index is 12.1. The Labute approximate surface area is 140 Å². The summed E-state index contributed by atoms with van der Waals surface area (Å²) in [4.78, 5) is 23.3. The Morgan fingerprint density at radius 2 is 1.71 bits per heavy atom. The molecular formula is C18H21N3O3. The minimum Gasteiger partial charge on any atom is -0.508 e. The quantitative estimate of drug-likeness (QED) is 0.635. The molecule has 2 amide bonds. The van der Waals surface area contributed by atoms with Crippen molar-refractivity contribution in [3.8, 4) is 5.75 Å². The summed E-state index contributed by atoms with van der Waals surface area (Å²) in [5, 5.41) is 17.9. The van der Waals surface area contributed by atoms with Crippen LogP contribution < -0.4 is 16.0 Å². The first kappa shape index (κ1) is 17.3. The highest BCUT2D eigenvalue weighted by molar-refractivity contribution is 5.96. The lowest BCUT2D eigenvalue weighted by atomic mass is 10.1. The Bertz CT molecular complexity index is 772. The third-order valence-corrected chi connectivity index (χ3v) is 3.54. The number of hydrogen-bond acceptors (Lipinski definition) is 4. The number of amides is 2. The highest BCUT2D eigenvalue weighted by Crippen LogP contribution is 2.26. The number of carbonyl (C=O) groups excluding carboxylic acids is 2. The topological polar surface area (TPSA) is 90.5 Å². The fourth-order valence-electron chi connectivity index (χ4n) is 2.18. The smallest absolute Gasteiger partial charge is 0.243 e. The van der Waals surface area contributed by atoms with Crippen molar-refractivity contribution in [2.24, 2.45) is 0 Å². The van der Waals surface area contributed by atoms with Crippen LogP contribution in [-0.2, 0) is 9.59 Å². The molecule has 0 aliphatic rings. The molecule has 0 aromatic heterocycles. The zero-order valence-electron chi connectivity index (χ0n) is 13.9. The van der Waals surface area contributed by atoms with Crippen molar-refractivity contribution in [2.75, 3.05) is 22.5 Å². The van der Waals surface area contributed by atoms with Crippen molar-refractivity contribution in [2.45, 2.75) is 20.8 Å². The van der Waals surface area contributed by atoms with Gasteiger partial charge in [-0.15, -0.1) is 0 Å². The predicted molar refractivity (Wildman–Crippen MR) is 95.4 cm³/mol. The van der Waals surface area contributed by atoms with Crippen LogP contribution in [-0.4, -0.2) is 23.5 Å². The molecule has 126 valence electrons. The van der Waals surface area contributed by atoms with E-state index in [1.54, 1.807) is 6.07 Å². The van der Waals surface area contributed by atoms with Gasteiger partial charge in [-0.05, 0) is 49.2 Å². The molecule has 0 aliphatic carbocycles. The molecule has 6 heteroatoms. The van der Waals surface area contributed by atoms with Crippen LogP contribution in [0.1, 0.15) is 18.1 Å². The van der Waals surface area contributed by atoms with E-state index in [0.29, 0.717) is 11.4 Å². The summed E-state index contributed by atoms with van der Waals surface area (Å²) < 4.78 is 0. The molecule has 0 bridgehead atoms. The van der Waals surface area contributed by atoms with Gasteiger partial charge >= 0.3 is 0 Å². The fourth-order valence-corrected chi connectivity index (χ4v) is 2.18. The number of aryl methyl sites for hydroxylation is 2. The van der Waals surface area contributed by atoms with E-state index in [-0.39, 0.29) is 24.1 Å². The fraction of sp³-hybridized carbons (Fsp3) is 0.222. The minimum atomic E-state index is -0.233. The van der Waals surface area contributed by atoms with Crippen LogP contribution in [0.4, 0.5) is 17.1 Å². The summed E-state index contributed by atoms with van der Waals surface area (Å²) in [5.74, 6) is -0.417. The minimum absolute atomic E-state index is 0.00294. The molecule has 0 aliphatic heterocycles. The van der Waals surface area contributed by atoms with Gasteiger partial charge in [0.2, 0.25) is 11.8 Å². The summed E-state index contributed by atoms with van der Waals surface area (Å²) in [6, 6.07) is 10.2. The molecule has 0 spiro atoms. The van der Waals surface area contributed by atoms with E-state index in [1.807, 2.05) is 32.0 Å². The monoisotopic (exact) mass is 327 g/mol. The van der Waals surface area contributed by atoms with E-state index in [1.165, 1.54) is 19.1 Å².